The Labute approximate surface area is 88.7 Å². The Bertz CT molecular complexity index is 180. The van der Waals surface area contributed by atoms with Gasteiger partial charge in [-0.15, -0.1) is 0 Å². The molecule has 0 bridgehead atoms. The predicted octanol–water partition coefficient (Wildman–Crippen LogP) is 3.20. The van der Waals surface area contributed by atoms with E-state index in [2.05, 4.69) is 26.1 Å². The molecule has 1 atom stereocenters. The molecule has 1 aliphatic heterocycles. The lowest BCUT2D eigenvalue weighted by atomic mass is 9.67. The molecule has 1 saturated heterocycles. The van der Waals surface area contributed by atoms with E-state index >= 15 is 0 Å². The molecule has 14 heavy (non-hydrogen) atoms. The van der Waals surface area contributed by atoms with Gasteiger partial charge in [-0.3, -0.25) is 0 Å². The van der Waals surface area contributed by atoms with Crippen molar-refractivity contribution in [2.45, 2.75) is 58.9 Å². The third-order valence-electron chi connectivity index (χ3n) is 4.43. The fraction of sp³-hybridized carbons (Fsp3) is 1.00. The van der Waals surface area contributed by atoms with E-state index in [1.807, 2.05) is 0 Å². The molecule has 0 aromatic heterocycles. The maximum atomic E-state index is 3.57. The van der Waals surface area contributed by atoms with Gasteiger partial charge in [0.2, 0.25) is 0 Å². The second kappa shape index (κ2) is 3.84. The molecular formula is C13H25N. The van der Waals surface area contributed by atoms with E-state index in [1.165, 1.54) is 38.6 Å². The van der Waals surface area contributed by atoms with Gasteiger partial charge in [0.15, 0.2) is 0 Å². The number of nitrogens with one attached hydrogen (secondary N) is 1. The summed E-state index contributed by atoms with van der Waals surface area (Å²) in [5, 5.41) is 3.57. The van der Waals surface area contributed by atoms with E-state index in [0.29, 0.717) is 5.41 Å². The first-order chi connectivity index (χ1) is 6.57. The minimum Gasteiger partial charge on any atom is -0.314 e. The van der Waals surface area contributed by atoms with Crippen LogP contribution >= 0.6 is 0 Å². The maximum absolute atomic E-state index is 3.57. The van der Waals surface area contributed by atoms with Gasteiger partial charge in [0.05, 0.1) is 0 Å². The summed E-state index contributed by atoms with van der Waals surface area (Å²) in [5.41, 5.74) is 0.540. The highest BCUT2D eigenvalue weighted by Crippen LogP contribution is 2.41. The number of hydrogen-bond acceptors (Lipinski definition) is 1. The highest BCUT2D eigenvalue weighted by atomic mass is 15.0. The summed E-state index contributed by atoms with van der Waals surface area (Å²) in [5.74, 6) is 1.97. The Balaban J connectivity index is 1.80. The van der Waals surface area contributed by atoms with E-state index in [9.17, 15) is 0 Å². The summed E-state index contributed by atoms with van der Waals surface area (Å²) < 4.78 is 0. The van der Waals surface area contributed by atoms with Gasteiger partial charge in [0.25, 0.3) is 0 Å². The first-order valence-corrected chi connectivity index (χ1v) is 6.31. The van der Waals surface area contributed by atoms with Crippen molar-refractivity contribution in [2.24, 2.45) is 17.3 Å². The summed E-state index contributed by atoms with van der Waals surface area (Å²) in [7, 11) is 0. The Hall–Kier alpha value is -0.0400. The molecule has 1 nitrogen and oxygen atoms in total. The SMILES string of the molecule is CC(C)(C)C1CCC(C2CCN2)CC1. The third kappa shape index (κ3) is 2.13. The maximum Gasteiger partial charge on any atom is 0.0107 e. The van der Waals surface area contributed by atoms with Gasteiger partial charge in [-0.05, 0) is 55.9 Å². The van der Waals surface area contributed by atoms with Crippen LogP contribution in [0, 0.1) is 17.3 Å². The molecule has 1 N–H and O–H groups in total. The van der Waals surface area contributed by atoms with Crippen molar-refractivity contribution in [1.82, 2.24) is 5.32 Å². The standard InChI is InChI=1S/C13H25N/c1-13(2,3)11-6-4-10(5-7-11)12-8-9-14-12/h10-12,14H,4-9H2,1-3H3. The van der Waals surface area contributed by atoms with Crippen LogP contribution in [0.15, 0.2) is 0 Å². The third-order valence-corrected chi connectivity index (χ3v) is 4.43. The monoisotopic (exact) mass is 195 g/mol. The lowest BCUT2D eigenvalue weighted by molar-refractivity contribution is 0.116. The molecule has 2 fully saturated rings. The van der Waals surface area contributed by atoms with E-state index in [1.54, 1.807) is 0 Å². The van der Waals surface area contributed by atoms with E-state index in [-0.39, 0.29) is 0 Å². The van der Waals surface area contributed by atoms with Crippen molar-refractivity contribution < 1.29 is 0 Å². The van der Waals surface area contributed by atoms with Gasteiger partial charge >= 0.3 is 0 Å². The van der Waals surface area contributed by atoms with Crippen LogP contribution in [0.3, 0.4) is 0 Å². The van der Waals surface area contributed by atoms with Gasteiger partial charge in [-0.1, -0.05) is 20.8 Å². The molecule has 1 heterocycles. The summed E-state index contributed by atoms with van der Waals surface area (Å²) in [6, 6.07) is 0.885. The summed E-state index contributed by atoms with van der Waals surface area (Å²) in [6.45, 7) is 8.47. The van der Waals surface area contributed by atoms with Crippen LogP contribution in [0.25, 0.3) is 0 Å². The molecule has 1 unspecified atom stereocenters. The molecule has 0 spiro atoms. The minimum absolute atomic E-state index is 0.540. The molecule has 2 rings (SSSR count). The van der Waals surface area contributed by atoms with Gasteiger partial charge in [-0.25, -0.2) is 0 Å². The van der Waals surface area contributed by atoms with Crippen LogP contribution in [0.1, 0.15) is 52.9 Å². The molecule has 82 valence electrons. The highest BCUT2D eigenvalue weighted by molar-refractivity contribution is 4.89. The quantitative estimate of drug-likeness (QED) is 0.677. The van der Waals surface area contributed by atoms with Crippen molar-refractivity contribution in [3.8, 4) is 0 Å². The largest absolute Gasteiger partial charge is 0.314 e. The fourth-order valence-electron chi connectivity index (χ4n) is 3.10. The van der Waals surface area contributed by atoms with Gasteiger partial charge in [0.1, 0.15) is 0 Å². The van der Waals surface area contributed by atoms with Crippen molar-refractivity contribution in [2.75, 3.05) is 6.54 Å². The summed E-state index contributed by atoms with van der Waals surface area (Å²) >= 11 is 0. The van der Waals surface area contributed by atoms with Gasteiger partial charge < -0.3 is 5.32 Å². The molecule has 0 amide bonds. The molecule has 0 radical (unpaired) electrons. The van der Waals surface area contributed by atoms with Crippen molar-refractivity contribution in [3.05, 3.63) is 0 Å². The van der Waals surface area contributed by atoms with Crippen LogP contribution in [0.2, 0.25) is 0 Å². The van der Waals surface area contributed by atoms with E-state index < -0.39 is 0 Å². The number of rotatable bonds is 1. The second-order valence-electron chi connectivity index (χ2n) is 6.33. The predicted molar refractivity (Wildman–Crippen MR) is 61.3 cm³/mol. The first-order valence-electron chi connectivity index (χ1n) is 6.31. The molecule has 1 heteroatoms. The lowest BCUT2D eigenvalue weighted by Gasteiger charge is -2.42. The molecule has 1 aliphatic carbocycles. The zero-order valence-corrected chi connectivity index (χ0v) is 9.97. The van der Waals surface area contributed by atoms with Gasteiger partial charge in [-0.2, -0.15) is 0 Å². The smallest absolute Gasteiger partial charge is 0.0107 e. The van der Waals surface area contributed by atoms with Crippen LogP contribution in [0.4, 0.5) is 0 Å². The van der Waals surface area contributed by atoms with Gasteiger partial charge in [0, 0.05) is 6.04 Å². The first kappa shape index (κ1) is 10.5. The average molecular weight is 195 g/mol. The van der Waals surface area contributed by atoms with Crippen molar-refractivity contribution >= 4 is 0 Å². The van der Waals surface area contributed by atoms with Crippen molar-refractivity contribution in [1.29, 1.82) is 0 Å². The molecule has 1 saturated carbocycles. The Kier molecular flexibility index (Phi) is 2.88. The van der Waals surface area contributed by atoms with Crippen LogP contribution in [0.5, 0.6) is 0 Å². The molecule has 0 aromatic carbocycles. The van der Waals surface area contributed by atoms with Crippen LogP contribution < -0.4 is 5.32 Å². The van der Waals surface area contributed by atoms with Crippen LogP contribution in [-0.4, -0.2) is 12.6 Å². The Morgan fingerprint density at radius 1 is 0.929 bits per heavy atom. The minimum atomic E-state index is 0.540. The zero-order valence-electron chi connectivity index (χ0n) is 9.97. The fourth-order valence-corrected chi connectivity index (χ4v) is 3.10. The van der Waals surface area contributed by atoms with Crippen molar-refractivity contribution in [3.63, 3.8) is 0 Å². The zero-order chi connectivity index (χ0) is 10.2. The molecule has 0 aromatic rings. The topological polar surface area (TPSA) is 12.0 Å². The molecular weight excluding hydrogens is 170 g/mol. The number of hydrogen-bond donors (Lipinski definition) is 1. The summed E-state index contributed by atoms with van der Waals surface area (Å²) in [4.78, 5) is 0. The Morgan fingerprint density at radius 3 is 1.86 bits per heavy atom. The lowest BCUT2D eigenvalue weighted by Crippen LogP contribution is -2.49. The van der Waals surface area contributed by atoms with E-state index in [4.69, 9.17) is 0 Å². The Morgan fingerprint density at radius 2 is 1.50 bits per heavy atom. The second-order valence-corrected chi connectivity index (χ2v) is 6.33. The van der Waals surface area contributed by atoms with Crippen LogP contribution in [-0.2, 0) is 0 Å². The summed E-state index contributed by atoms with van der Waals surface area (Å²) in [6.07, 6.45) is 7.31. The normalized spacial score (nSPS) is 39.2. The highest BCUT2D eigenvalue weighted by Gasteiger charge is 2.34. The van der Waals surface area contributed by atoms with E-state index in [0.717, 1.165) is 17.9 Å². The average Bonchev–Trinajstić information content (AvgIpc) is 2.00. The molecule has 2 aliphatic rings.